The van der Waals surface area contributed by atoms with Crippen molar-refractivity contribution in [3.8, 4) is 0 Å². The quantitative estimate of drug-likeness (QED) is 0.251. The molecular weight excluding hydrogens is 444 g/mol. The number of aliphatic hydroxyl groups excluding tert-OH is 1. The molecule has 0 spiro atoms. The highest BCUT2D eigenvalue weighted by Crippen LogP contribution is 2.45. The second-order valence-corrected chi connectivity index (χ2v) is 8.30. The van der Waals surface area contributed by atoms with Gasteiger partial charge in [-0.15, -0.1) is 0 Å². The molecule has 0 saturated heterocycles. The molecule has 0 heterocycles. The Morgan fingerprint density at radius 2 is 1.20 bits per heavy atom. The molecule has 2 atom stereocenters. The van der Waals surface area contributed by atoms with E-state index in [2.05, 4.69) is 48.6 Å². The van der Waals surface area contributed by atoms with E-state index in [9.17, 15) is 4.79 Å². The molecule has 0 fully saturated rings. The Labute approximate surface area is 206 Å². The Kier molecular flexibility index (Phi) is 9.43. The zero-order valence-corrected chi connectivity index (χ0v) is 19.8. The lowest BCUT2D eigenvalue weighted by molar-refractivity contribution is -0.139. The molecule has 2 aromatic rings. The maximum Gasteiger partial charge on any atom is 0.330 e. The normalized spacial score (nSPS) is 17.3. The monoisotopic (exact) mass is 476 g/mol. The van der Waals surface area contributed by atoms with Gasteiger partial charge in [-0.3, -0.25) is 0 Å². The van der Waals surface area contributed by atoms with Crippen molar-refractivity contribution in [1.29, 1.82) is 0 Å². The molecule has 6 nitrogen and oxygen atoms in total. The SMILES string of the molecule is O=C(C=C(C1C=Cc2ccccc21)C1C=Cc2ccccc21)OCCOCCOCCOCCO. The van der Waals surface area contributed by atoms with E-state index in [-0.39, 0.29) is 31.0 Å². The number of ether oxygens (including phenoxy) is 4. The predicted octanol–water partition coefficient (Wildman–Crippen LogP) is 4.12. The first-order chi connectivity index (χ1) is 17.3. The van der Waals surface area contributed by atoms with E-state index in [4.69, 9.17) is 24.1 Å². The Morgan fingerprint density at radius 3 is 1.74 bits per heavy atom. The lowest BCUT2D eigenvalue weighted by Gasteiger charge is -2.22. The van der Waals surface area contributed by atoms with Gasteiger partial charge in [0, 0.05) is 17.9 Å². The maximum absolute atomic E-state index is 12.8. The fourth-order valence-corrected chi connectivity index (χ4v) is 4.44. The number of hydrogen-bond donors (Lipinski definition) is 1. The van der Waals surface area contributed by atoms with Crippen molar-refractivity contribution in [3.05, 3.63) is 94.6 Å². The number of carbonyl (C=O) groups excluding carboxylic acids is 1. The van der Waals surface area contributed by atoms with Crippen molar-refractivity contribution >= 4 is 18.1 Å². The van der Waals surface area contributed by atoms with Crippen LogP contribution in [0.2, 0.25) is 0 Å². The number of esters is 1. The van der Waals surface area contributed by atoms with Crippen LogP contribution < -0.4 is 0 Å². The molecule has 2 aliphatic rings. The smallest absolute Gasteiger partial charge is 0.330 e. The summed E-state index contributed by atoms with van der Waals surface area (Å²) in [6.45, 7) is 2.53. The van der Waals surface area contributed by atoms with E-state index in [0.717, 1.165) is 5.57 Å². The Morgan fingerprint density at radius 1 is 0.714 bits per heavy atom. The third kappa shape index (κ3) is 6.77. The molecule has 1 N–H and O–H groups in total. The van der Waals surface area contributed by atoms with Crippen LogP contribution in [0.25, 0.3) is 12.2 Å². The highest BCUT2D eigenvalue weighted by atomic mass is 16.6. The van der Waals surface area contributed by atoms with Crippen molar-refractivity contribution in [1.82, 2.24) is 0 Å². The number of hydrogen-bond acceptors (Lipinski definition) is 6. The van der Waals surface area contributed by atoms with Gasteiger partial charge in [-0.2, -0.15) is 0 Å². The van der Waals surface area contributed by atoms with Crippen LogP contribution in [-0.4, -0.2) is 63.9 Å². The minimum absolute atomic E-state index is 0.00775. The molecule has 0 aliphatic heterocycles. The summed E-state index contributed by atoms with van der Waals surface area (Å²) in [4.78, 5) is 12.8. The van der Waals surface area contributed by atoms with Crippen LogP contribution in [0, 0.1) is 0 Å². The second kappa shape index (κ2) is 13.2. The summed E-state index contributed by atoms with van der Waals surface area (Å²) in [5.74, 6) is -0.319. The molecule has 0 amide bonds. The minimum atomic E-state index is -0.364. The van der Waals surface area contributed by atoms with Gasteiger partial charge >= 0.3 is 5.97 Å². The fourth-order valence-electron chi connectivity index (χ4n) is 4.44. The summed E-state index contributed by atoms with van der Waals surface area (Å²) in [7, 11) is 0. The van der Waals surface area contributed by atoms with Crippen LogP contribution in [0.3, 0.4) is 0 Å². The lowest BCUT2D eigenvalue weighted by Crippen LogP contribution is -2.15. The summed E-state index contributed by atoms with van der Waals surface area (Å²) in [6.07, 6.45) is 10.2. The zero-order valence-electron chi connectivity index (χ0n) is 19.8. The van der Waals surface area contributed by atoms with Gasteiger partial charge in [-0.25, -0.2) is 4.79 Å². The highest BCUT2D eigenvalue weighted by Gasteiger charge is 2.30. The highest BCUT2D eigenvalue weighted by molar-refractivity contribution is 5.85. The molecular formula is C29H32O6. The van der Waals surface area contributed by atoms with Crippen LogP contribution >= 0.6 is 0 Å². The topological polar surface area (TPSA) is 74.2 Å². The minimum Gasteiger partial charge on any atom is -0.460 e. The number of rotatable bonds is 14. The number of aliphatic hydroxyl groups is 1. The van der Waals surface area contributed by atoms with E-state index >= 15 is 0 Å². The van der Waals surface area contributed by atoms with Crippen molar-refractivity contribution in [2.75, 3.05) is 52.9 Å². The van der Waals surface area contributed by atoms with Gasteiger partial charge < -0.3 is 24.1 Å². The summed E-state index contributed by atoms with van der Waals surface area (Å²) in [5, 5.41) is 8.63. The van der Waals surface area contributed by atoms with E-state index < -0.39 is 0 Å². The van der Waals surface area contributed by atoms with Gasteiger partial charge in [0.05, 0.1) is 46.2 Å². The van der Waals surface area contributed by atoms with Crippen LogP contribution in [0.15, 0.2) is 72.3 Å². The average molecular weight is 477 g/mol. The number of allylic oxidation sites excluding steroid dienone is 3. The molecule has 4 rings (SSSR count). The number of carbonyl (C=O) groups is 1. The molecule has 184 valence electrons. The predicted molar refractivity (Wildman–Crippen MR) is 135 cm³/mol. The largest absolute Gasteiger partial charge is 0.460 e. The Bertz CT molecular complexity index is 1010. The summed E-state index contributed by atoms with van der Waals surface area (Å²) in [5.41, 5.74) is 5.78. The van der Waals surface area contributed by atoms with Gasteiger partial charge in [0.2, 0.25) is 0 Å². The van der Waals surface area contributed by atoms with Crippen LogP contribution in [-0.2, 0) is 23.7 Å². The second-order valence-electron chi connectivity index (χ2n) is 8.30. The van der Waals surface area contributed by atoms with Crippen molar-refractivity contribution in [2.45, 2.75) is 11.8 Å². The molecule has 6 heteroatoms. The Balaban J connectivity index is 1.32. The van der Waals surface area contributed by atoms with E-state index in [1.807, 2.05) is 24.3 Å². The first kappa shape index (κ1) is 25.1. The van der Waals surface area contributed by atoms with Gasteiger partial charge in [-0.1, -0.05) is 72.8 Å². The third-order valence-electron chi connectivity index (χ3n) is 6.05. The molecule has 2 aromatic carbocycles. The van der Waals surface area contributed by atoms with Gasteiger partial charge in [0.15, 0.2) is 0 Å². The summed E-state index contributed by atoms with van der Waals surface area (Å²) < 4.78 is 21.4. The molecule has 0 saturated carbocycles. The van der Waals surface area contributed by atoms with Crippen LogP contribution in [0.4, 0.5) is 0 Å². The average Bonchev–Trinajstić information content (AvgIpc) is 3.51. The van der Waals surface area contributed by atoms with Crippen LogP contribution in [0.5, 0.6) is 0 Å². The molecule has 35 heavy (non-hydrogen) atoms. The van der Waals surface area contributed by atoms with E-state index in [0.29, 0.717) is 39.6 Å². The summed E-state index contributed by atoms with van der Waals surface area (Å²) >= 11 is 0. The fraction of sp³-hybridized carbons (Fsp3) is 0.345. The summed E-state index contributed by atoms with van der Waals surface area (Å²) in [6, 6.07) is 16.6. The van der Waals surface area contributed by atoms with Crippen LogP contribution in [0.1, 0.15) is 34.1 Å². The maximum atomic E-state index is 12.8. The molecule has 2 aliphatic carbocycles. The molecule has 0 radical (unpaired) electrons. The van der Waals surface area contributed by atoms with Crippen molar-refractivity contribution in [3.63, 3.8) is 0 Å². The van der Waals surface area contributed by atoms with Gasteiger partial charge in [0.25, 0.3) is 0 Å². The third-order valence-corrected chi connectivity index (χ3v) is 6.05. The lowest BCUT2D eigenvalue weighted by atomic mass is 9.81. The van der Waals surface area contributed by atoms with Gasteiger partial charge in [-0.05, 0) is 27.8 Å². The molecule has 2 unspecified atom stereocenters. The van der Waals surface area contributed by atoms with E-state index in [1.165, 1.54) is 22.3 Å². The number of fused-ring (bicyclic) bond motifs is 2. The van der Waals surface area contributed by atoms with E-state index in [1.54, 1.807) is 6.08 Å². The first-order valence-electron chi connectivity index (χ1n) is 12.0. The van der Waals surface area contributed by atoms with Gasteiger partial charge in [0.1, 0.15) is 6.61 Å². The molecule has 0 aromatic heterocycles. The number of benzene rings is 2. The Hall–Kier alpha value is -3.03. The zero-order chi connectivity index (χ0) is 24.3. The molecule has 0 bridgehead atoms. The first-order valence-corrected chi connectivity index (χ1v) is 12.0. The van der Waals surface area contributed by atoms with Crippen molar-refractivity contribution < 1.29 is 28.8 Å². The standard InChI is InChI=1S/C29H32O6/c30-13-14-32-15-16-33-17-18-34-19-20-35-29(31)21-28(26-11-9-22-5-1-3-7-24(22)26)27-12-10-23-6-2-4-8-25(23)27/h1-12,21,26-27,30H,13-20H2. The van der Waals surface area contributed by atoms with Crippen molar-refractivity contribution in [2.24, 2.45) is 0 Å².